The summed E-state index contributed by atoms with van der Waals surface area (Å²) < 4.78 is 29.1. The van der Waals surface area contributed by atoms with E-state index in [0.29, 0.717) is 0 Å². The Balaban J connectivity index is 1.80. The second kappa shape index (κ2) is 16.4. The minimum absolute atomic E-state index is 0.00619. The Morgan fingerprint density at radius 1 is 0.800 bits per heavy atom. The number of hydrogen-bond acceptors (Lipinski definition) is 11. The highest BCUT2D eigenvalue weighted by molar-refractivity contribution is 5.91. The number of esters is 3. The number of rotatable bonds is 11. The number of carbonyl (C=O) groups excluding carboxylic acids is 4. The van der Waals surface area contributed by atoms with Crippen molar-refractivity contribution in [3.63, 3.8) is 0 Å². The van der Waals surface area contributed by atoms with Crippen LogP contribution in [-0.2, 0) is 23.7 Å². The molecule has 1 heterocycles. The second-order valence-corrected chi connectivity index (χ2v) is 11.8. The van der Waals surface area contributed by atoms with Crippen LogP contribution >= 0.6 is 0 Å². The van der Waals surface area contributed by atoms with Crippen molar-refractivity contribution >= 4 is 24.0 Å². The van der Waals surface area contributed by atoms with Crippen molar-refractivity contribution in [2.24, 2.45) is 0 Å². The molecule has 3 aromatic carbocycles. The third-order valence-electron chi connectivity index (χ3n) is 7.97. The highest BCUT2D eigenvalue weighted by Gasteiger charge is 2.61. The molecule has 50 heavy (non-hydrogen) atoms. The maximum atomic E-state index is 13.7. The van der Waals surface area contributed by atoms with Crippen molar-refractivity contribution in [2.75, 3.05) is 19.8 Å². The van der Waals surface area contributed by atoms with Gasteiger partial charge in [0.1, 0.15) is 25.4 Å². The van der Waals surface area contributed by atoms with Gasteiger partial charge in [-0.05, 0) is 71.0 Å². The molecule has 0 aliphatic carbocycles. The van der Waals surface area contributed by atoms with Gasteiger partial charge in [-0.25, -0.2) is 19.2 Å². The van der Waals surface area contributed by atoms with E-state index in [9.17, 15) is 29.7 Å². The number of aryl methyl sites for hydroxylation is 3. The predicted octanol–water partition coefficient (Wildman–Crippen LogP) is 5.77. The van der Waals surface area contributed by atoms with Crippen molar-refractivity contribution in [1.29, 1.82) is 10.5 Å². The molecule has 12 nitrogen and oxygen atoms in total. The number of carbonyl (C=O) groups is 4. The van der Waals surface area contributed by atoms with Crippen LogP contribution < -0.4 is 0 Å². The predicted molar refractivity (Wildman–Crippen MR) is 179 cm³/mol. The van der Waals surface area contributed by atoms with Gasteiger partial charge in [0.15, 0.2) is 11.7 Å². The average Bonchev–Trinajstić information content (AvgIpc) is 3.36. The quantitative estimate of drug-likeness (QED) is 0.105. The lowest BCUT2D eigenvalue weighted by Gasteiger charge is -2.34. The molecule has 1 aliphatic heterocycles. The first-order valence-electron chi connectivity index (χ1n) is 15.8. The second-order valence-electron chi connectivity index (χ2n) is 11.8. The summed E-state index contributed by atoms with van der Waals surface area (Å²) >= 11 is 0. The number of amides is 1. The van der Waals surface area contributed by atoms with E-state index in [-0.39, 0.29) is 28.9 Å². The summed E-state index contributed by atoms with van der Waals surface area (Å²) in [6, 6.07) is 23.6. The molecule has 0 spiro atoms. The molecule has 1 unspecified atom stereocenters. The first kappa shape index (κ1) is 36.8. The van der Waals surface area contributed by atoms with Crippen LogP contribution in [0.2, 0.25) is 0 Å². The lowest BCUT2D eigenvalue weighted by atomic mass is 9.88. The number of ether oxygens (including phenoxy) is 5. The van der Waals surface area contributed by atoms with Crippen molar-refractivity contribution in [3.8, 4) is 12.1 Å². The highest BCUT2D eigenvalue weighted by Crippen LogP contribution is 2.41. The van der Waals surface area contributed by atoms with E-state index in [1.54, 1.807) is 79.7 Å². The van der Waals surface area contributed by atoms with Gasteiger partial charge in [-0.3, -0.25) is 4.90 Å². The van der Waals surface area contributed by atoms with Gasteiger partial charge in [0, 0.05) is 6.20 Å². The SMILES string of the molecule is CCOC(=O)N(/C=C(\C#N)[C@H]1OC(COC(=O)c2ccc(C)cc2)[C@@H](OC(=O)c2ccc(C)cc2)[C@@]1(C)OC(=O)c1ccc(C)cc1)CC#N. The Bertz CT molecular complexity index is 1820. The Labute approximate surface area is 290 Å². The van der Waals surface area contributed by atoms with Crippen LogP contribution in [0.25, 0.3) is 0 Å². The van der Waals surface area contributed by atoms with Crippen molar-refractivity contribution < 1.29 is 42.9 Å². The van der Waals surface area contributed by atoms with Gasteiger partial charge in [0.2, 0.25) is 0 Å². The third-order valence-corrected chi connectivity index (χ3v) is 7.97. The molecule has 1 fully saturated rings. The molecular formula is C38H37N3O9. The summed E-state index contributed by atoms with van der Waals surface area (Å²) in [4.78, 5) is 53.9. The zero-order chi connectivity index (χ0) is 36.4. The van der Waals surface area contributed by atoms with Gasteiger partial charge in [-0.15, -0.1) is 0 Å². The summed E-state index contributed by atoms with van der Waals surface area (Å²) in [7, 11) is 0. The fourth-order valence-corrected chi connectivity index (χ4v) is 5.23. The molecule has 1 amide bonds. The fraction of sp³-hybridized carbons (Fsp3) is 0.316. The largest absolute Gasteiger partial charge is 0.459 e. The summed E-state index contributed by atoms with van der Waals surface area (Å²) in [5, 5.41) is 19.8. The minimum Gasteiger partial charge on any atom is -0.459 e. The molecule has 0 aromatic heterocycles. The van der Waals surface area contributed by atoms with Gasteiger partial charge in [0.25, 0.3) is 0 Å². The van der Waals surface area contributed by atoms with E-state index in [1.807, 2.05) is 32.9 Å². The summed E-state index contributed by atoms with van der Waals surface area (Å²) in [5.74, 6) is -2.32. The summed E-state index contributed by atoms with van der Waals surface area (Å²) in [6.45, 7) is 7.59. The van der Waals surface area contributed by atoms with E-state index in [4.69, 9.17) is 23.7 Å². The monoisotopic (exact) mass is 679 g/mol. The maximum absolute atomic E-state index is 13.7. The van der Waals surface area contributed by atoms with E-state index >= 15 is 0 Å². The molecule has 1 saturated heterocycles. The highest BCUT2D eigenvalue weighted by atomic mass is 16.7. The Hall–Kier alpha value is -5.98. The topological polar surface area (TPSA) is 165 Å². The number of hydrogen-bond donors (Lipinski definition) is 0. The summed E-state index contributed by atoms with van der Waals surface area (Å²) in [6.07, 6.45) is -4.07. The molecule has 0 saturated carbocycles. The molecule has 0 bridgehead atoms. The molecular weight excluding hydrogens is 642 g/mol. The van der Waals surface area contributed by atoms with Crippen LogP contribution in [0.5, 0.6) is 0 Å². The Morgan fingerprint density at radius 3 is 1.78 bits per heavy atom. The molecule has 12 heteroatoms. The van der Waals surface area contributed by atoms with Crippen molar-refractivity contribution in [3.05, 3.63) is 118 Å². The van der Waals surface area contributed by atoms with Gasteiger partial charge in [0.05, 0.1) is 41.0 Å². The van der Waals surface area contributed by atoms with Crippen LogP contribution in [0.3, 0.4) is 0 Å². The number of nitrogens with zero attached hydrogens (tertiary/aromatic N) is 3. The van der Waals surface area contributed by atoms with E-state index in [2.05, 4.69) is 0 Å². The normalized spacial score (nSPS) is 19.7. The molecule has 4 rings (SSSR count). The molecule has 258 valence electrons. The zero-order valence-corrected chi connectivity index (χ0v) is 28.4. The summed E-state index contributed by atoms with van der Waals surface area (Å²) in [5.41, 5.74) is 1.10. The van der Waals surface area contributed by atoms with Gasteiger partial charge >= 0.3 is 24.0 Å². The minimum atomic E-state index is -1.95. The van der Waals surface area contributed by atoms with Crippen LogP contribution in [0.15, 0.2) is 84.6 Å². The smallest absolute Gasteiger partial charge is 0.414 e. The lowest BCUT2D eigenvalue weighted by Crippen LogP contribution is -2.52. The van der Waals surface area contributed by atoms with Crippen molar-refractivity contribution in [1.82, 2.24) is 4.90 Å². The van der Waals surface area contributed by atoms with Crippen LogP contribution in [-0.4, -0.2) is 72.6 Å². The standard InChI is InChI=1S/C38H37N3O9/c1-6-46-37(45)41(20-19-39)22-30(21-40)32-38(5,50-36(44)29-17-11-26(4)12-18-29)33(49-35(43)28-15-9-25(3)10-16-28)31(48-32)23-47-34(42)27-13-7-24(2)8-14-27/h7-18,22,31-33H,6,20,23H2,1-5H3/b30-22+/t31?,32-,33-,38+/m1/s1. The van der Waals surface area contributed by atoms with Crippen LogP contribution in [0, 0.1) is 43.4 Å². The van der Waals surface area contributed by atoms with E-state index in [1.165, 1.54) is 6.92 Å². The molecule has 1 aliphatic rings. The zero-order valence-electron chi connectivity index (χ0n) is 28.4. The van der Waals surface area contributed by atoms with Gasteiger partial charge < -0.3 is 23.7 Å². The Morgan fingerprint density at radius 2 is 1.30 bits per heavy atom. The van der Waals surface area contributed by atoms with Crippen molar-refractivity contribution in [2.45, 2.75) is 58.5 Å². The van der Waals surface area contributed by atoms with Gasteiger partial charge in [-0.2, -0.15) is 10.5 Å². The molecule has 0 radical (unpaired) electrons. The van der Waals surface area contributed by atoms with Gasteiger partial charge in [-0.1, -0.05) is 53.1 Å². The maximum Gasteiger partial charge on any atom is 0.414 e. The van der Waals surface area contributed by atoms with E-state index in [0.717, 1.165) is 27.8 Å². The average molecular weight is 680 g/mol. The Kier molecular flexibility index (Phi) is 12.1. The lowest BCUT2D eigenvalue weighted by molar-refractivity contribution is -0.0820. The van der Waals surface area contributed by atoms with E-state index < -0.39 is 61.1 Å². The number of nitriles is 2. The van der Waals surface area contributed by atoms with Crippen LogP contribution in [0.4, 0.5) is 4.79 Å². The molecule has 4 atom stereocenters. The first-order chi connectivity index (χ1) is 23.9. The molecule has 0 N–H and O–H groups in total. The number of benzene rings is 3. The molecule has 3 aromatic rings. The van der Waals surface area contributed by atoms with Crippen LogP contribution in [0.1, 0.15) is 61.6 Å². The first-order valence-corrected chi connectivity index (χ1v) is 15.8. The third kappa shape index (κ3) is 8.73. The fourth-order valence-electron chi connectivity index (χ4n) is 5.23.